The standard InChI is InChI=1S/C23H38N6O4/c1-22(2,3)19(29-12-17(25-26-29)14-6-7-14)21(32)28-11-16(30)8-18(28)20(31)24-15-9-27(10-15)13-23(4,5)33/h12,14-16,18-19,30,33H,6-11,13H2,1-5H3,(H,24,31)/t16-,18+,19-/m1/s1. The van der Waals surface area contributed by atoms with E-state index in [-0.39, 0.29) is 30.8 Å². The van der Waals surface area contributed by atoms with Gasteiger partial charge >= 0.3 is 0 Å². The fraction of sp³-hybridized carbons (Fsp3) is 0.826. The molecule has 0 radical (unpaired) electrons. The maximum Gasteiger partial charge on any atom is 0.248 e. The summed E-state index contributed by atoms with van der Waals surface area (Å²) < 4.78 is 1.64. The number of nitrogens with one attached hydrogen (secondary N) is 1. The van der Waals surface area contributed by atoms with Crippen molar-refractivity contribution < 1.29 is 19.8 Å². The molecule has 10 heteroatoms. The zero-order chi connectivity index (χ0) is 24.1. The van der Waals surface area contributed by atoms with Crippen LogP contribution in [0.3, 0.4) is 0 Å². The van der Waals surface area contributed by atoms with Crippen molar-refractivity contribution in [1.82, 2.24) is 30.1 Å². The van der Waals surface area contributed by atoms with E-state index >= 15 is 0 Å². The molecule has 0 unspecified atom stereocenters. The molecule has 4 rings (SSSR count). The van der Waals surface area contributed by atoms with Crippen LogP contribution >= 0.6 is 0 Å². The van der Waals surface area contributed by atoms with Gasteiger partial charge in [-0.1, -0.05) is 26.0 Å². The van der Waals surface area contributed by atoms with Crippen LogP contribution in [0, 0.1) is 5.41 Å². The van der Waals surface area contributed by atoms with Crippen molar-refractivity contribution in [2.75, 3.05) is 26.2 Å². The minimum Gasteiger partial charge on any atom is -0.391 e. The maximum absolute atomic E-state index is 13.7. The van der Waals surface area contributed by atoms with E-state index < -0.39 is 29.2 Å². The van der Waals surface area contributed by atoms with E-state index in [2.05, 4.69) is 20.5 Å². The zero-order valence-corrected chi connectivity index (χ0v) is 20.4. The molecule has 0 spiro atoms. The first-order valence-electron chi connectivity index (χ1n) is 12.0. The first kappa shape index (κ1) is 24.1. The third-order valence-electron chi connectivity index (χ3n) is 6.62. The van der Waals surface area contributed by atoms with Gasteiger partial charge in [0, 0.05) is 44.7 Å². The van der Waals surface area contributed by atoms with E-state index in [0.29, 0.717) is 25.6 Å². The second-order valence-corrected chi connectivity index (χ2v) is 11.8. The van der Waals surface area contributed by atoms with Crippen LogP contribution in [-0.4, -0.2) is 96.8 Å². The number of carbonyl (C=O) groups is 2. The van der Waals surface area contributed by atoms with Gasteiger partial charge in [0.15, 0.2) is 0 Å². The molecule has 0 bridgehead atoms. The number of β-amino-alcohol motifs (C(OH)–C–C–N with tert-alkyl or cyclic N) is 2. The van der Waals surface area contributed by atoms with Crippen LogP contribution in [-0.2, 0) is 9.59 Å². The van der Waals surface area contributed by atoms with Gasteiger partial charge in [-0.3, -0.25) is 14.5 Å². The molecule has 3 fully saturated rings. The van der Waals surface area contributed by atoms with Crippen molar-refractivity contribution in [3.63, 3.8) is 0 Å². The summed E-state index contributed by atoms with van der Waals surface area (Å²) in [7, 11) is 0. The lowest BCUT2D eigenvalue weighted by Crippen LogP contribution is -2.63. The summed E-state index contributed by atoms with van der Waals surface area (Å²) >= 11 is 0. The van der Waals surface area contributed by atoms with E-state index in [1.165, 1.54) is 4.90 Å². The number of amides is 2. The van der Waals surface area contributed by atoms with Crippen LogP contribution in [0.2, 0.25) is 0 Å². The van der Waals surface area contributed by atoms with Gasteiger partial charge < -0.3 is 20.4 Å². The van der Waals surface area contributed by atoms with Crippen LogP contribution in [0.5, 0.6) is 0 Å². The summed E-state index contributed by atoms with van der Waals surface area (Å²) in [5.74, 6) is -0.0264. The number of aliphatic hydroxyl groups is 2. The van der Waals surface area contributed by atoms with Crippen molar-refractivity contribution >= 4 is 11.8 Å². The average Bonchev–Trinajstić information content (AvgIpc) is 3.26. The van der Waals surface area contributed by atoms with E-state index in [1.54, 1.807) is 18.5 Å². The third-order valence-corrected chi connectivity index (χ3v) is 6.62. The summed E-state index contributed by atoms with van der Waals surface area (Å²) in [6.07, 6.45) is 3.54. The number of carbonyl (C=O) groups excluding carboxylic acids is 2. The Balaban J connectivity index is 1.44. The van der Waals surface area contributed by atoms with Gasteiger partial charge in [0.2, 0.25) is 11.8 Å². The molecule has 1 aliphatic carbocycles. The summed E-state index contributed by atoms with van der Waals surface area (Å²) in [6, 6.07) is -1.36. The number of hydrogen-bond acceptors (Lipinski definition) is 7. The van der Waals surface area contributed by atoms with Gasteiger partial charge in [-0.15, -0.1) is 5.10 Å². The molecule has 1 saturated carbocycles. The third kappa shape index (κ3) is 5.55. The Hall–Kier alpha value is -2.04. The van der Waals surface area contributed by atoms with Crippen molar-refractivity contribution in [3.05, 3.63) is 11.9 Å². The maximum atomic E-state index is 13.7. The predicted molar refractivity (Wildman–Crippen MR) is 121 cm³/mol. The van der Waals surface area contributed by atoms with E-state index in [1.807, 2.05) is 27.0 Å². The minimum atomic E-state index is -0.781. The number of aromatic nitrogens is 3. The van der Waals surface area contributed by atoms with E-state index in [4.69, 9.17) is 0 Å². The Bertz CT molecular complexity index is 878. The van der Waals surface area contributed by atoms with Gasteiger partial charge in [0.1, 0.15) is 12.1 Å². The molecule has 33 heavy (non-hydrogen) atoms. The van der Waals surface area contributed by atoms with Crippen molar-refractivity contribution in [3.8, 4) is 0 Å². The van der Waals surface area contributed by atoms with E-state index in [0.717, 1.165) is 18.5 Å². The smallest absolute Gasteiger partial charge is 0.248 e. The highest BCUT2D eigenvalue weighted by atomic mass is 16.3. The molecule has 3 aliphatic rings. The second-order valence-electron chi connectivity index (χ2n) is 11.8. The number of likely N-dealkylation sites (tertiary alicyclic amines) is 2. The Labute approximate surface area is 195 Å². The number of rotatable bonds is 7. The molecule has 2 amide bonds. The quantitative estimate of drug-likeness (QED) is 0.532. The molecule has 3 N–H and O–H groups in total. The summed E-state index contributed by atoms with van der Waals surface area (Å²) in [5, 5.41) is 31.8. The molecule has 3 atom stereocenters. The fourth-order valence-corrected chi connectivity index (χ4v) is 4.96. The largest absolute Gasteiger partial charge is 0.391 e. The predicted octanol–water partition coefficient (Wildman–Crippen LogP) is 0.276. The topological polar surface area (TPSA) is 124 Å². The van der Waals surface area contributed by atoms with Gasteiger partial charge in [-0.05, 0) is 32.1 Å². The Kier molecular flexibility index (Phi) is 6.30. The first-order chi connectivity index (χ1) is 15.3. The zero-order valence-electron chi connectivity index (χ0n) is 20.4. The van der Waals surface area contributed by atoms with Gasteiger partial charge in [0.25, 0.3) is 0 Å². The number of hydrogen-bond donors (Lipinski definition) is 3. The van der Waals surface area contributed by atoms with Crippen molar-refractivity contribution in [2.45, 2.75) is 89.6 Å². The lowest BCUT2D eigenvalue weighted by Gasteiger charge is -2.43. The van der Waals surface area contributed by atoms with Crippen LogP contribution in [0.15, 0.2) is 6.20 Å². The number of nitrogens with zero attached hydrogens (tertiary/aromatic N) is 5. The molecule has 3 heterocycles. The Morgan fingerprint density at radius 1 is 1.18 bits per heavy atom. The molecule has 0 aromatic carbocycles. The molecule has 10 nitrogen and oxygen atoms in total. The molecule has 184 valence electrons. The van der Waals surface area contributed by atoms with Gasteiger partial charge in [-0.25, -0.2) is 4.68 Å². The number of aliphatic hydroxyl groups excluding tert-OH is 1. The van der Waals surface area contributed by atoms with Crippen molar-refractivity contribution in [1.29, 1.82) is 0 Å². The molecule has 1 aromatic rings. The Morgan fingerprint density at radius 3 is 2.42 bits per heavy atom. The lowest BCUT2D eigenvalue weighted by atomic mass is 9.85. The minimum absolute atomic E-state index is 0.0237. The molecular formula is C23H38N6O4. The molecule has 2 saturated heterocycles. The molecular weight excluding hydrogens is 424 g/mol. The first-order valence-corrected chi connectivity index (χ1v) is 12.0. The summed E-state index contributed by atoms with van der Waals surface area (Å²) in [6.45, 7) is 11.4. The van der Waals surface area contributed by atoms with E-state index in [9.17, 15) is 19.8 Å². The fourth-order valence-electron chi connectivity index (χ4n) is 4.96. The molecule has 2 aliphatic heterocycles. The summed E-state index contributed by atoms with van der Waals surface area (Å²) in [4.78, 5) is 30.4. The highest BCUT2D eigenvalue weighted by Gasteiger charge is 2.46. The second kappa shape index (κ2) is 8.63. The van der Waals surface area contributed by atoms with Crippen molar-refractivity contribution in [2.24, 2.45) is 5.41 Å². The SMILES string of the molecule is CC(C)(O)CN1CC(NC(=O)[C@@H]2C[C@@H](O)CN2C(=O)[C@@H](n2cc(C3CC3)nn2)C(C)(C)C)C1. The van der Waals surface area contributed by atoms with Crippen LogP contribution in [0.4, 0.5) is 0 Å². The highest BCUT2D eigenvalue weighted by Crippen LogP contribution is 2.40. The van der Waals surface area contributed by atoms with Crippen LogP contribution in [0.1, 0.15) is 71.5 Å². The van der Waals surface area contributed by atoms with Gasteiger partial charge in [0.05, 0.1) is 23.4 Å². The normalized spacial score (nSPS) is 25.7. The highest BCUT2D eigenvalue weighted by molar-refractivity contribution is 5.90. The molecule has 1 aromatic heterocycles. The monoisotopic (exact) mass is 462 g/mol. The van der Waals surface area contributed by atoms with Crippen LogP contribution in [0.25, 0.3) is 0 Å². The van der Waals surface area contributed by atoms with Gasteiger partial charge in [-0.2, -0.15) is 0 Å². The van der Waals surface area contributed by atoms with Crippen LogP contribution < -0.4 is 5.32 Å². The summed E-state index contributed by atoms with van der Waals surface area (Å²) in [5.41, 5.74) is -0.323. The Morgan fingerprint density at radius 2 is 1.85 bits per heavy atom. The average molecular weight is 463 g/mol. The lowest BCUT2D eigenvalue weighted by molar-refractivity contribution is -0.144.